The van der Waals surface area contributed by atoms with Crippen molar-refractivity contribution in [2.24, 2.45) is 0 Å². The highest BCUT2D eigenvalue weighted by Crippen LogP contribution is 2.28. The van der Waals surface area contributed by atoms with Crippen LogP contribution in [0.25, 0.3) is 33.3 Å². The number of aromatic amines is 1. The van der Waals surface area contributed by atoms with Gasteiger partial charge in [-0.25, -0.2) is 4.98 Å². The smallest absolute Gasteiger partial charge is 0.138 e. The molecule has 5 aromatic rings. The van der Waals surface area contributed by atoms with Crippen LogP contribution in [0.1, 0.15) is 12.5 Å². The first-order valence-electron chi connectivity index (χ1n) is 9.50. The molecular formula is C24H20N4. The van der Waals surface area contributed by atoms with Crippen molar-refractivity contribution < 1.29 is 0 Å². The van der Waals surface area contributed by atoms with Crippen LogP contribution in [0.4, 0.5) is 11.4 Å². The Bertz CT molecular complexity index is 1260. The van der Waals surface area contributed by atoms with Gasteiger partial charge >= 0.3 is 0 Å². The van der Waals surface area contributed by atoms with Gasteiger partial charge in [0.05, 0.1) is 16.6 Å². The van der Waals surface area contributed by atoms with Crippen molar-refractivity contribution in [1.82, 2.24) is 15.0 Å². The van der Waals surface area contributed by atoms with Gasteiger partial charge in [-0.1, -0.05) is 49.4 Å². The SMILES string of the molecule is CCc1ccc(-c2nc3ccc(Nc4ccnc5ccccc45)cc3[nH]2)cc1. The zero-order valence-corrected chi connectivity index (χ0v) is 15.6. The number of aromatic nitrogens is 3. The average molecular weight is 364 g/mol. The standard InChI is InChI=1S/C24H20N4/c1-2-16-7-9-17(10-8-16)24-27-22-12-11-18(15-23(22)28-24)26-21-13-14-25-20-6-4-3-5-19(20)21/h3-15H,2H2,1H3,(H,25,26)(H,27,28). The maximum atomic E-state index is 4.74. The number of imidazole rings is 1. The normalized spacial score (nSPS) is 11.2. The predicted octanol–water partition coefficient (Wildman–Crippen LogP) is 6.08. The maximum Gasteiger partial charge on any atom is 0.138 e. The van der Waals surface area contributed by atoms with E-state index in [1.165, 1.54) is 5.56 Å². The Hall–Kier alpha value is -3.66. The predicted molar refractivity (Wildman–Crippen MR) is 116 cm³/mol. The van der Waals surface area contributed by atoms with Crippen molar-refractivity contribution in [1.29, 1.82) is 0 Å². The first kappa shape index (κ1) is 16.5. The average Bonchev–Trinajstić information content (AvgIpc) is 3.17. The van der Waals surface area contributed by atoms with E-state index in [-0.39, 0.29) is 0 Å². The number of hydrogen-bond donors (Lipinski definition) is 2. The number of hydrogen-bond acceptors (Lipinski definition) is 3. The van der Waals surface area contributed by atoms with E-state index < -0.39 is 0 Å². The zero-order chi connectivity index (χ0) is 18.9. The van der Waals surface area contributed by atoms with Crippen LogP contribution in [0.15, 0.2) is 79.0 Å². The number of rotatable bonds is 4. The van der Waals surface area contributed by atoms with Crippen molar-refractivity contribution in [3.8, 4) is 11.4 Å². The number of fused-ring (bicyclic) bond motifs is 2. The van der Waals surface area contributed by atoms with Crippen LogP contribution in [0.2, 0.25) is 0 Å². The number of aryl methyl sites for hydroxylation is 1. The van der Waals surface area contributed by atoms with Crippen LogP contribution in [0.5, 0.6) is 0 Å². The fourth-order valence-electron chi connectivity index (χ4n) is 3.48. The molecule has 0 radical (unpaired) electrons. The molecule has 0 saturated heterocycles. The molecule has 0 amide bonds. The lowest BCUT2D eigenvalue weighted by atomic mass is 10.1. The van der Waals surface area contributed by atoms with E-state index in [0.29, 0.717) is 0 Å². The minimum absolute atomic E-state index is 0.893. The van der Waals surface area contributed by atoms with Crippen molar-refractivity contribution in [2.75, 3.05) is 5.32 Å². The van der Waals surface area contributed by atoms with Gasteiger partial charge < -0.3 is 10.3 Å². The number of pyridine rings is 1. The molecular weight excluding hydrogens is 344 g/mol. The Balaban J connectivity index is 1.49. The molecule has 2 aromatic heterocycles. The molecule has 2 heterocycles. The summed E-state index contributed by atoms with van der Waals surface area (Å²) in [6.45, 7) is 2.16. The largest absolute Gasteiger partial charge is 0.355 e. The molecule has 5 rings (SSSR count). The van der Waals surface area contributed by atoms with E-state index in [9.17, 15) is 0 Å². The van der Waals surface area contributed by atoms with Gasteiger partial charge in [0, 0.05) is 28.5 Å². The second-order valence-corrected chi connectivity index (χ2v) is 6.87. The van der Waals surface area contributed by atoms with Gasteiger partial charge in [-0.15, -0.1) is 0 Å². The van der Waals surface area contributed by atoms with Gasteiger partial charge in [0.15, 0.2) is 0 Å². The molecule has 4 nitrogen and oxygen atoms in total. The number of anilines is 2. The van der Waals surface area contributed by atoms with Gasteiger partial charge in [-0.05, 0) is 42.3 Å². The minimum Gasteiger partial charge on any atom is -0.355 e. The van der Waals surface area contributed by atoms with Crippen LogP contribution in [-0.4, -0.2) is 15.0 Å². The Morgan fingerprint density at radius 3 is 2.61 bits per heavy atom. The summed E-state index contributed by atoms with van der Waals surface area (Å²) in [4.78, 5) is 12.6. The van der Waals surface area contributed by atoms with Gasteiger partial charge in [-0.3, -0.25) is 4.98 Å². The van der Waals surface area contributed by atoms with Crippen LogP contribution in [-0.2, 0) is 6.42 Å². The molecule has 0 bridgehead atoms. The quantitative estimate of drug-likeness (QED) is 0.406. The lowest BCUT2D eigenvalue weighted by molar-refractivity contribution is 1.14. The highest BCUT2D eigenvalue weighted by molar-refractivity contribution is 5.93. The second-order valence-electron chi connectivity index (χ2n) is 6.87. The van der Waals surface area contributed by atoms with E-state index in [4.69, 9.17) is 4.98 Å². The third-order valence-corrected chi connectivity index (χ3v) is 5.05. The first-order chi connectivity index (χ1) is 13.8. The molecule has 3 aromatic carbocycles. The van der Waals surface area contributed by atoms with E-state index in [2.05, 4.69) is 64.7 Å². The maximum absolute atomic E-state index is 4.74. The Labute approximate surface area is 163 Å². The van der Waals surface area contributed by atoms with Crippen molar-refractivity contribution >= 4 is 33.3 Å². The van der Waals surface area contributed by atoms with Gasteiger partial charge in [0.2, 0.25) is 0 Å². The third kappa shape index (κ3) is 2.99. The van der Waals surface area contributed by atoms with Crippen molar-refractivity contribution in [3.63, 3.8) is 0 Å². The Kier molecular flexibility index (Phi) is 4.02. The van der Waals surface area contributed by atoms with Gasteiger partial charge in [0.25, 0.3) is 0 Å². The lowest BCUT2D eigenvalue weighted by Crippen LogP contribution is -1.92. The summed E-state index contributed by atoms with van der Waals surface area (Å²) in [6, 6.07) is 24.9. The molecule has 136 valence electrons. The summed E-state index contributed by atoms with van der Waals surface area (Å²) in [5.74, 6) is 0.893. The topological polar surface area (TPSA) is 53.6 Å². The van der Waals surface area contributed by atoms with E-state index in [0.717, 1.165) is 51.1 Å². The van der Waals surface area contributed by atoms with Crippen LogP contribution in [0, 0.1) is 0 Å². The summed E-state index contributed by atoms with van der Waals surface area (Å²) in [5, 5.41) is 4.62. The lowest BCUT2D eigenvalue weighted by Gasteiger charge is -2.09. The Morgan fingerprint density at radius 1 is 0.893 bits per heavy atom. The Morgan fingerprint density at radius 2 is 1.75 bits per heavy atom. The fraction of sp³-hybridized carbons (Fsp3) is 0.0833. The summed E-state index contributed by atoms with van der Waals surface area (Å²) in [7, 11) is 0. The molecule has 0 aliphatic carbocycles. The molecule has 0 atom stereocenters. The van der Waals surface area contributed by atoms with Crippen molar-refractivity contribution in [2.45, 2.75) is 13.3 Å². The summed E-state index contributed by atoms with van der Waals surface area (Å²) in [6.07, 6.45) is 2.87. The summed E-state index contributed by atoms with van der Waals surface area (Å²) < 4.78 is 0. The summed E-state index contributed by atoms with van der Waals surface area (Å²) in [5.41, 5.74) is 7.43. The van der Waals surface area contributed by atoms with E-state index >= 15 is 0 Å². The molecule has 28 heavy (non-hydrogen) atoms. The van der Waals surface area contributed by atoms with Crippen LogP contribution < -0.4 is 5.32 Å². The number of nitrogens with zero attached hydrogens (tertiary/aromatic N) is 2. The monoisotopic (exact) mass is 364 g/mol. The number of para-hydroxylation sites is 1. The molecule has 0 aliphatic rings. The molecule has 0 spiro atoms. The zero-order valence-electron chi connectivity index (χ0n) is 15.6. The highest BCUT2D eigenvalue weighted by atomic mass is 14.9. The molecule has 0 unspecified atom stereocenters. The molecule has 0 aliphatic heterocycles. The summed E-state index contributed by atoms with van der Waals surface area (Å²) >= 11 is 0. The van der Waals surface area contributed by atoms with Crippen molar-refractivity contribution in [3.05, 3.63) is 84.6 Å². The minimum atomic E-state index is 0.893. The van der Waals surface area contributed by atoms with E-state index in [1.807, 2.05) is 36.5 Å². The highest BCUT2D eigenvalue weighted by Gasteiger charge is 2.07. The van der Waals surface area contributed by atoms with Gasteiger partial charge in [-0.2, -0.15) is 0 Å². The molecule has 2 N–H and O–H groups in total. The number of nitrogens with one attached hydrogen (secondary N) is 2. The molecule has 0 fully saturated rings. The molecule has 4 heteroatoms. The fourth-order valence-corrected chi connectivity index (χ4v) is 3.48. The third-order valence-electron chi connectivity index (χ3n) is 5.05. The second kappa shape index (κ2) is 6.82. The van der Waals surface area contributed by atoms with Crippen LogP contribution in [0.3, 0.4) is 0 Å². The molecule has 0 saturated carbocycles. The van der Waals surface area contributed by atoms with Gasteiger partial charge in [0.1, 0.15) is 5.82 Å². The number of benzene rings is 3. The number of H-pyrrole nitrogens is 1. The van der Waals surface area contributed by atoms with Crippen LogP contribution >= 0.6 is 0 Å². The first-order valence-corrected chi connectivity index (χ1v) is 9.50. The van der Waals surface area contributed by atoms with E-state index in [1.54, 1.807) is 0 Å².